The van der Waals surface area contributed by atoms with Gasteiger partial charge >= 0.3 is 0 Å². The number of hydrogen-bond donors (Lipinski definition) is 0. The van der Waals surface area contributed by atoms with Crippen molar-refractivity contribution in [2.75, 3.05) is 52.9 Å². The highest BCUT2D eigenvalue weighted by atomic mass is 15.2. The number of nitrogens with zero attached hydrogens (tertiary/aromatic N) is 3. The first kappa shape index (κ1) is 21.6. The first-order valence-electron chi connectivity index (χ1n) is 12.1. The molecule has 3 nitrogen and oxygen atoms in total. The minimum Gasteiger partial charge on any atom is -0.303 e. The van der Waals surface area contributed by atoms with Crippen LogP contribution in [0.4, 0.5) is 0 Å². The summed E-state index contributed by atoms with van der Waals surface area (Å²) in [5.41, 5.74) is 0. The van der Waals surface area contributed by atoms with Gasteiger partial charge in [0.2, 0.25) is 0 Å². The Kier molecular flexibility index (Phi) is 8.05. The summed E-state index contributed by atoms with van der Waals surface area (Å²) in [6.45, 7) is 19.0. The minimum atomic E-state index is 0.831. The van der Waals surface area contributed by atoms with E-state index in [0.29, 0.717) is 0 Å². The molecule has 3 aliphatic heterocycles. The summed E-state index contributed by atoms with van der Waals surface area (Å²) in [4.78, 5) is 7.98. The van der Waals surface area contributed by atoms with Gasteiger partial charge in [0.25, 0.3) is 0 Å². The van der Waals surface area contributed by atoms with Crippen molar-refractivity contribution >= 4 is 0 Å². The van der Waals surface area contributed by atoms with Gasteiger partial charge in [-0.1, -0.05) is 27.7 Å². The molecule has 3 heterocycles. The van der Waals surface area contributed by atoms with Crippen molar-refractivity contribution < 1.29 is 0 Å². The van der Waals surface area contributed by atoms with Crippen LogP contribution < -0.4 is 0 Å². The van der Waals surface area contributed by atoms with Gasteiger partial charge in [0.05, 0.1) is 0 Å². The fourth-order valence-corrected chi connectivity index (χ4v) is 5.78. The molecule has 0 radical (unpaired) electrons. The fourth-order valence-electron chi connectivity index (χ4n) is 5.78. The van der Waals surface area contributed by atoms with E-state index in [1.807, 2.05) is 0 Å². The number of rotatable bonds is 9. The summed E-state index contributed by atoms with van der Waals surface area (Å²) < 4.78 is 0. The van der Waals surface area contributed by atoms with E-state index in [2.05, 4.69) is 49.4 Å². The van der Waals surface area contributed by atoms with E-state index in [-0.39, 0.29) is 0 Å². The standard InChI is InChI=1S/C24H47N3/c1-6-26-15-21(16-26)8-7-12-27-17-23(18-27)20(4)14-24-10-9-22(19(2)3)11-13-25(24)5/h19-24H,6-18H2,1-5H3. The van der Waals surface area contributed by atoms with Crippen LogP contribution in [0.15, 0.2) is 0 Å². The Morgan fingerprint density at radius 2 is 1.63 bits per heavy atom. The zero-order valence-electron chi connectivity index (χ0n) is 19.0. The number of hydrogen-bond acceptors (Lipinski definition) is 3. The van der Waals surface area contributed by atoms with Gasteiger partial charge in [0.15, 0.2) is 0 Å². The van der Waals surface area contributed by atoms with E-state index in [0.717, 1.165) is 35.6 Å². The molecule has 0 amide bonds. The molecule has 0 aromatic heterocycles. The average molecular weight is 378 g/mol. The van der Waals surface area contributed by atoms with E-state index >= 15 is 0 Å². The van der Waals surface area contributed by atoms with E-state index in [9.17, 15) is 0 Å². The van der Waals surface area contributed by atoms with Crippen molar-refractivity contribution in [1.82, 2.24) is 14.7 Å². The summed E-state index contributed by atoms with van der Waals surface area (Å²) in [6.07, 6.45) is 8.59. The fraction of sp³-hybridized carbons (Fsp3) is 1.00. The smallest absolute Gasteiger partial charge is 0.00949 e. The molecule has 0 bridgehead atoms. The topological polar surface area (TPSA) is 9.72 Å². The highest BCUT2D eigenvalue weighted by Crippen LogP contribution is 2.33. The summed E-state index contributed by atoms with van der Waals surface area (Å²) in [6, 6.07) is 0.831. The minimum absolute atomic E-state index is 0.831. The third-order valence-corrected chi connectivity index (χ3v) is 8.29. The number of likely N-dealkylation sites (tertiary alicyclic amines) is 3. The average Bonchev–Trinajstić information content (AvgIpc) is 2.73. The molecule has 3 aliphatic rings. The molecule has 3 heteroatoms. The quantitative estimate of drug-likeness (QED) is 0.588. The van der Waals surface area contributed by atoms with Crippen molar-refractivity contribution in [2.45, 2.75) is 72.3 Å². The molecule has 3 unspecified atom stereocenters. The maximum Gasteiger partial charge on any atom is 0.00949 e. The van der Waals surface area contributed by atoms with Gasteiger partial charge in [-0.3, -0.25) is 0 Å². The van der Waals surface area contributed by atoms with Crippen LogP contribution in [-0.2, 0) is 0 Å². The van der Waals surface area contributed by atoms with E-state index in [4.69, 9.17) is 0 Å². The molecule has 27 heavy (non-hydrogen) atoms. The zero-order chi connectivity index (χ0) is 19.4. The highest BCUT2D eigenvalue weighted by Gasteiger charge is 2.34. The molecule has 0 aromatic carbocycles. The molecule has 0 N–H and O–H groups in total. The summed E-state index contributed by atoms with van der Waals surface area (Å²) in [5.74, 6) is 4.67. The molecule has 158 valence electrons. The Balaban J connectivity index is 1.29. The van der Waals surface area contributed by atoms with Gasteiger partial charge in [-0.25, -0.2) is 0 Å². The lowest BCUT2D eigenvalue weighted by Gasteiger charge is -2.44. The van der Waals surface area contributed by atoms with Gasteiger partial charge in [-0.2, -0.15) is 0 Å². The monoisotopic (exact) mass is 377 g/mol. The Labute approximate surface area is 169 Å². The van der Waals surface area contributed by atoms with Gasteiger partial charge in [-0.05, 0) is 94.8 Å². The third kappa shape index (κ3) is 5.93. The van der Waals surface area contributed by atoms with E-state index < -0.39 is 0 Å². The van der Waals surface area contributed by atoms with Crippen molar-refractivity contribution in [3.8, 4) is 0 Å². The second-order valence-electron chi connectivity index (χ2n) is 10.6. The molecule has 3 fully saturated rings. The first-order chi connectivity index (χ1) is 13.0. The van der Waals surface area contributed by atoms with Gasteiger partial charge in [0, 0.05) is 32.2 Å². The van der Waals surface area contributed by atoms with Crippen LogP contribution in [0.1, 0.15) is 66.2 Å². The summed E-state index contributed by atoms with van der Waals surface area (Å²) in [5, 5.41) is 0. The lowest BCUT2D eigenvalue weighted by molar-refractivity contribution is 0.0412. The van der Waals surface area contributed by atoms with Crippen molar-refractivity contribution in [3.05, 3.63) is 0 Å². The van der Waals surface area contributed by atoms with E-state index in [1.165, 1.54) is 84.3 Å². The largest absolute Gasteiger partial charge is 0.303 e. The van der Waals surface area contributed by atoms with Crippen LogP contribution in [-0.4, -0.2) is 73.6 Å². The Bertz CT molecular complexity index is 425. The zero-order valence-corrected chi connectivity index (χ0v) is 19.0. The Hall–Kier alpha value is -0.120. The Morgan fingerprint density at radius 3 is 2.30 bits per heavy atom. The Morgan fingerprint density at radius 1 is 0.889 bits per heavy atom. The van der Waals surface area contributed by atoms with Crippen LogP contribution >= 0.6 is 0 Å². The maximum atomic E-state index is 2.73. The molecule has 0 saturated carbocycles. The van der Waals surface area contributed by atoms with Gasteiger partial charge in [-0.15, -0.1) is 0 Å². The molecular formula is C24H47N3. The third-order valence-electron chi connectivity index (χ3n) is 8.29. The summed E-state index contributed by atoms with van der Waals surface area (Å²) >= 11 is 0. The highest BCUT2D eigenvalue weighted by molar-refractivity contribution is 4.88. The SMILES string of the molecule is CCN1CC(CCCN2CC(C(C)CC3CCC(C(C)C)CCN3C)C2)C1. The lowest BCUT2D eigenvalue weighted by Crippen LogP contribution is -2.51. The van der Waals surface area contributed by atoms with E-state index in [1.54, 1.807) is 0 Å². The van der Waals surface area contributed by atoms with Gasteiger partial charge in [0.1, 0.15) is 0 Å². The molecular weight excluding hydrogens is 330 g/mol. The first-order valence-corrected chi connectivity index (χ1v) is 12.1. The van der Waals surface area contributed by atoms with Crippen molar-refractivity contribution in [1.29, 1.82) is 0 Å². The molecule has 3 rings (SSSR count). The van der Waals surface area contributed by atoms with Crippen LogP contribution in [0.5, 0.6) is 0 Å². The van der Waals surface area contributed by atoms with Crippen LogP contribution in [0.25, 0.3) is 0 Å². The second-order valence-corrected chi connectivity index (χ2v) is 10.6. The molecule has 0 aliphatic carbocycles. The molecule has 3 atom stereocenters. The molecule has 3 saturated heterocycles. The van der Waals surface area contributed by atoms with Gasteiger partial charge < -0.3 is 14.7 Å². The maximum absolute atomic E-state index is 2.73. The van der Waals surface area contributed by atoms with Crippen LogP contribution in [0.3, 0.4) is 0 Å². The lowest BCUT2D eigenvalue weighted by atomic mass is 9.81. The van der Waals surface area contributed by atoms with Crippen LogP contribution in [0.2, 0.25) is 0 Å². The molecule has 0 spiro atoms. The summed E-state index contributed by atoms with van der Waals surface area (Å²) in [7, 11) is 2.38. The van der Waals surface area contributed by atoms with Crippen molar-refractivity contribution in [3.63, 3.8) is 0 Å². The van der Waals surface area contributed by atoms with Crippen molar-refractivity contribution in [2.24, 2.45) is 29.6 Å². The predicted octanol–water partition coefficient (Wildman–Crippen LogP) is 4.43. The molecule has 0 aromatic rings. The predicted molar refractivity (Wildman–Crippen MR) is 117 cm³/mol. The second kappa shape index (κ2) is 10.1. The van der Waals surface area contributed by atoms with Crippen LogP contribution in [0, 0.1) is 29.6 Å². The normalized spacial score (nSPS) is 30.9.